The van der Waals surface area contributed by atoms with E-state index in [0.717, 1.165) is 35.5 Å². The van der Waals surface area contributed by atoms with Gasteiger partial charge >= 0.3 is 0 Å². The Morgan fingerprint density at radius 3 is 2.83 bits per heavy atom. The highest BCUT2D eigenvalue weighted by molar-refractivity contribution is 5.45. The second-order valence-corrected chi connectivity index (χ2v) is 6.02. The number of nitrogens with two attached hydrogens (primary N) is 1. The van der Waals surface area contributed by atoms with E-state index in [1.807, 2.05) is 26.0 Å². The van der Waals surface area contributed by atoms with Crippen molar-refractivity contribution in [3.63, 3.8) is 0 Å². The van der Waals surface area contributed by atoms with Crippen molar-refractivity contribution in [3.8, 4) is 5.88 Å². The molecule has 128 valence electrons. The molecule has 7 nitrogen and oxygen atoms in total. The number of pyridine rings is 1. The number of hydrogen-bond acceptors (Lipinski definition) is 7. The summed E-state index contributed by atoms with van der Waals surface area (Å²) in [5.41, 5.74) is 9.85. The molecule has 0 aliphatic carbocycles. The third kappa shape index (κ3) is 3.56. The monoisotopic (exact) mass is 329 g/mol. The van der Waals surface area contributed by atoms with Gasteiger partial charge in [0.2, 0.25) is 11.8 Å². The normalized spacial score (nSPS) is 17.0. The van der Waals surface area contributed by atoms with Crippen LogP contribution in [0.4, 0.5) is 11.8 Å². The van der Waals surface area contributed by atoms with Gasteiger partial charge in [-0.1, -0.05) is 0 Å². The van der Waals surface area contributed by atoms with Crippen LogP contribution in [-0.2, 0) is 11.3 Å². The van der Waals surface area contributed by atoms with Gasteiger partial charge in [0, 0.05) is 36.4 Å². The summed E-state index contributed by atoms with van der Waals surface area (Å²) in [6.45, 7) is 6.00. The van der Waals surface area contributed by atoms with Crippen LogP contribution >= 0.6 is 0 Å². The first-order valence-electron chi connectivity index (χ1n) is 8.04. The van der Waals surface area contributed by atoms with Gasteiger partial charge in [0.25, 0.3) is 0 Å². The predicted octanol–water partition coefficient (Wildman–Crippen LogP) is 2.20. The average molecular weight is 329 g/mol. The summed E-state index contributed by atoms with van der Waals surface area (Å²) in [6, 6.07) is 3.98. The van der Waals surface area contributed by atoms with Crippen LogP contribution in [0.5, 0.6) is 5.88 Å². The van der Waals surface area contributed by atoms with E-state index in [1.54, 1.807) is 7.11 Å². The molecular weight excluding hydrogens is 306 g/mol. The van der Waals surface area contributed by atoms with Crippen molar-refractivity contribution in [2.24, 2.45) is 0 Å². The number of rotatable bonds is 5. The summed E-state index contributed by atoms with van der Waals surface area (Å²) in [7, 11) is 1.63. The molecule has 0 aromatic carbocycles. The van der Waals surface area contributed by atoms with Crippen LogP contribution in [0.25, 0.3) is 0 Å². The molecule has 1 aliphatic rings. The van der Waals surface area contributed by atoms with Gasteiger partial charge < -0.3 is 20.5 Å². The van der Waals surface area contributed by atoms with Gasteiger partial charge in [0.1, 0.15) is 5.82 Å². The second-order valence-electron chi connectivity index (χ2n) is 6.02. The lowest BCUT2D eigenvalue weighted by Crippen LogP contribution is -2.11. The molecule has 0 radical (unpaired) electrons. The molecule has 0 saturated carbocycles. The van der Waals surface area contributed by atoms with E-state index in [1.165, 1.54) is 0 Å². The number of methoxy groups -OCH3 is 1. The predicted molar refractivity (Wildman–Crippen MR) is 92.2 cm³/mol. The highest BCUT2D eigenvalue weighted by Gasteiger charge is 2.20. The minimum atomic E-state index is 0.271. The quantitative estimate of drug-likeness (QED) is 0.868. The maximum atomic E-state index is 5.86. The average Bonchev–Trinajstić information content (AvgIpc) is 3.07. The smallest absolute Gasteiger partial charge is 0.222 e. The van der Waals surface area contributed by atoms with Gasteiger partial charge in [-0.15, -0.1) is 0 Å². The van der Waals surface area contributed by atoms with Crippen molar-refractivity contribution in [2.45, 2.75) is 32.7 Å². The minimum Gasteiger partial charge on any atom is -0.481 e. The summed E-state index contributed by atoms with van der Waals surface area (Å²) >= 11 is 0. The fraction of sp³-hybridized carbons (Fsp3) is 0.471. The topological polar surface area (TPSA) is 95.2 Å². The summed E-state index contributed by atoms with van der Waals surface area (Å²) in [4.78, 5) is 13.0. The number of ether oxygens (including phenoxy) is 2. The number of aromatic nitrogens is 3. The first kappa shape index (κ1) is 16.4. The van der Waals surface area contributed by atoms with Crippen LogP contribution in [-0.4, -0.2) is 35.3 Å². The van der Waals surface area contributed by atoms with Crippen LogP contribution in [0.1, 0.15) is 34.9 Å². The standard InChI is InChI=1S/C17H23N5O2/c1-10-6-11(2)20-16(23-3)13(10)8-19-15-7-14(21-17(18)22-15)12-4-5-24-9-12/h6-7,12H,4-5,8-9H2,1-3H3,(H3,18,19,21,22)/t12-/m1/s1. The van der Waals surface area contributed by atoms with E-state index < -0.39 is 0 Å². The molecule has 0 bridgehead atoms. The third-order valence-corrected chi connectivity index (χ3v) is 4.19. The molecule has 3 heterocycles. The van der Waals surface area contributed by atoms with E-state index in [9.17, 15) is 0 Å². The minimum absolute atomic E-state index is 0.271. The molecule has 3 N–H and O–H groups in total. The SMILES string of the molecule is COc1nc(C)cc(C)c1CNc1cc([C@@H]2CCOC2)nc(N)n1. The molecule has 0 amide bonds. The molecule has 2 aromatic heterocycles. The summed E-state index contributed by atoms with van der Waals surface area (Å²) < 4.78 is 10.8. The van der Waals surface area contributed by atoms with Gasteiger partial charge in [0.05, 0.1) is 19.4 Å². The molecule has 1 aliphatic heterocycles. The van der Waals surface area contributed by atoms with Crippen molar-refractivity contribution in [1.82, 2.24) is 15.0 Å². The van der Waals surface area contributed by atoms with Gasteiger partial charge in [0.15, 0.2) is 0 Å². The third-order valence-electron chi connectivity index (χ3n) is 4.19. The van der Waals surface area contributed by atoms with Gasteiger partial charge in [-0.2, -0.15) is 4.98 Å². The van der Waals surface area contributed by atoms with E-state index in [4.69, 9.17) is 15.2 Å². The van der Waals surface area contributed by atoms with E-state index in [-0.39, 0.29) is 11.9 Å². The second kappa shape index (κ2) is 7.00. The highest BCUT2D eigenvalue weighted by atomic mass is 16.5. The lowest BCUT2D eigenvalue weighted by Gasteiger charge is -2.14. The summed E-state index contributed by atoms with van der Waals surface area (Å²) in [5, 5.41) is 3.31. The zero-order valence-corrected chi connectivity index (χ0v) is 14.3. The molecule has 7 heteroatoms. The molecule has 0 spiro atoms. The number of anilines is 2. The molecular formula is C17H23N5O2. The molecule has 3 rings (SSSR count). The Hall–Kier alpha value is -2.41. The van der Waals surface area contributed by atoms with E-state index in [0.29, 0.717) is 24.8 Å². The Morgan fingerprint density at radius 2 is 2.12 bits per heavy atom. The zero-order chi connectivity index (χ0) is 17.1. The first-order valence-corrected chi connectivity index (χ1v) is 8.04. The largest absolute Gasteiger partial charge is 0.481 e. The fourth-order valence-electron chi connectivity index (χ4n) is 2.94. The Kier molecular flexibility index (Phi) is 4.80. The van der Waals surface area contributed by atoms with Crippen molar-refractivity contribution in [2.75, 3.05) is 31.4 Å². The van der Waals surface area contributed by atoms with E-state index >= 15 is 0 Å². The van der Waals surface area contributed by atoms with Crippen LogP contribution < -0.4 is 15.8 Å². The molecule has 24 heavy (non-hydrogen) atoms. The highest BCUT2D eigenvalue weighted by Crippen LogP contribution is 2.26. The Bertz CT molecular complexity index is 729. The van der Waals surface area contributed by atoms with Gasteiger partial charge in [-0.25, -0.2) is 9.97 Å². The van der Waals surface area contributed by atoms with Crippen molar-refractivity contribution in [3.05, 3.63) is 34.6 Å². The maximum Gasteiger partial charge on any atom is 0.222 e. The van der Waals surface area contributed by atoms with Crippen molar-refractivity contribution >= 4 is 11.8 Å². The lowest BCUT2D eigenvalue weighted by atomic mass is 10.0. The number of nitrogens with zero attached hydrogens (tertiary/aromatic N) is 3. The summed E-state index contributed by atoms with van der Waals surface area (Å²) in [6.07, 6.45) is 0.963. The molecule has 1 fully saturated rings. The fourth-order valence-corrected chi connectivity index (χ4v) is 2.94. The van der Waals surface area contributed by atoms with Crippen LogP contribution in [0.15, 0.2) is 12.1 Å². The molecule has 1 saturated heterocycles. The maximum absolute atomic E-state index is 5.86. The van der Waals surface area contributed by atoms with Crippen LogP contribution in [0.3, 0.4) is 0 Å². The van der Waals surface area contributed by atoms with E-state index in [2.05, 4.69) is 20.3 Å². The number of hydrogen-bond donors (Lipinski definition) is 2. The Morgan fingerprint density at radius 1 is 1.29 bits per heavy atom. The first-order chi connectivity index (χ1) is 11.6. The summed E-state index contributed by atoms with van der Waals surface area (Å²) in [5.74, 6) is 1.89. The number of aryl methyl sites for hydroxylation is 2. The Balaban J connectivity index is 1.80. The zero-order valence-electron chi connectivity index (χ0n) is 14.3. The lowest BCUT2D eigenvalue weighted by molar-refractivity contribution is 0.193. The molecule has 2 aromatic rings. The Labute approximate surface area is 141 Å². The van der Waals surface area contributed by atoms with Gasteiger partial charge in [-0.05, 0) is 31.9 Å². The van der Waals surface area contributed by atoms with Crippen LogP contribution in [0.2, 0.25) is 0 Å². The number of nitrogens with one attached hydrogen (secondary N) is 1. The molecule has 0 unspecified atom stereocenters. The van der Waals surface area contributed by atoms with Crippen LogP contribution in [0, 0.1) is 13.8 Å². The number of nitrogen functional groups attached to an aromatic ring is 1. The van der Waals surface area contributed by atoms with Crippen molar-refractivity contribution in [1.29, 1.82) is 0 Å². The van der Waals surface area contributed by atoms with Crippen molar-refractivity contribution < 1.29 is 9.47 Å². The van der Waals surface area contributed by atoms with Gasteiger partial charge in [-0.3, -0.25) is 0 Å². The molecule has 1 atom stereocenters.